The molecule has 1 aliphatic rings. The molecule has 22 heavy (non-hydrogen) atoms. The molecule has 0 saturated carbocycles. The number of hydrogen-bond acceptors (Lipinski definition) is 4. The van der Waals surface area contributed by atoms with Crippen molar-refractivity contribution in [2.75, 3.05) is 19.6 Å². The third-order valence-corrected chi connectivity index (χ3v) is 4.01. The smallest absolute Gasteiger partial charge is 0.227 e. The molecule has 0 aromatic heterocycles. The van der Waals surface area contributed by atoms with E-state index < -0.39 is 6.10 Å². The van der Waals surface area contributed by atoms with Crippen LogP contribution in [0.3, 0.4) is 0 Å². The summed E-state index contributed by atoms with van der Waals surface area (Å²) in [6, 6.07) is 7.33. The second-order valence-electron chi connectivity index (χ2n) is 6.45. The van der Waals surface area contributed by atoms with Gasteiger partial charge in [0, 0.05) is 13.1 Å². The Morgan fingerprint density at radius 2 is 2.09 bits per heavy atom. The minimum absolute atomic E-state index is 0.00342. The van der Waals surface area contributed by atoms with Crippen molar-refractivity contribution in [2.45, 2.75) is 39.4 Å². The zero-order valence-electron chi connectivity index (χ0n) is 13.6. The average molecular weight is 306 g/mol. The predicted octanol–water partition coefficient (Wildman–Crippen LogP) is 1.62. The highest BCUT2D eigenvalue weighted by Gasteiger charge is 2.36. The molecule has 1 amide bonds. The Kier molecular flexibility index (Phi) is 5.42. The number of carbonyl (C=O) groups is 1. The molecule has 2 rings (SSSR count). The molecule has 1 heterocycles. The summed E-state index contributed by atoms with van der Waals surface area (Å²) >= 11 is 0. The Balaban J connectivity index is 1.86. The fourth-order valence-corrected chi connectivity index (χ4v) is 2.57. The molecule has 1 fully saturated rings. The third kappa shape index (κ3) is 4.21. The van der Waals surface area contributed by atoms with E-state index in [0.29, 0.717) is 6.54 Å². The molecule has 2 unspecified atom stereocenters. The number of aliphatic hydroxyl groups excluding tert-OH is 1. The standard InChI is InChI=1S/C17H26N2O3/c1-12(2)22-14-6-4-13(5-7-14)15(20)10-19-16(21)17(3)8-9-18-11-17/h4-7,12,15,18,20H,8-11H2,1-3H3,(H,19,21). The monoisotopic (exact) mass is 306 g/mol. The maximum Gasteiger partial charge on any atom is 0.227 e. The van der Waals surface area contributed by atoms with Crippen LogP contribution in [0.1, 0.15) is 38.9 Å². The zero-order valence-corrected chi connectivity index (χ0v) is 13.6. The quantitative estimate of drug-likeness (QED) is 0.747. The van der Waals surface area contributed by atoms with Gasteiger partial charge in [-0.1, -0.05) is 12.1 Å². The van der Waals surface area contributed by atoms with Gasteiger partial charge >= 0.3 is 0 Å². The van der Waals surface area contributed by atoms with E-state index in [1.807, 2.05) is 45.0 Å². The molecule has 5 heteroatoms. The van der Waals surface area contributed by atoms with Gasteiger partial charge in [-0.05, 0) is 51.4 Å². The normalized spacial score (nSPS) is 22.6. The van der Waals surface area contributed by atoms with Gasteiger partial charge in [0.2, 0.25) is 5.91 Å². The van der Waals surface area contributed by atoms with Crippen LogP contribution in [-0.4, -0.2) is 36.8 Å². The van der Waals surface area contributed by atoms with E-state index in [1.54, 1.807) is 0 Å². The van der Waals surface area contributed by atoms with Crippen LogP contribution in [-0.2, 0) is 4.79 Å². The van der Waals surface area contributed by atoms with Crippen LogP contribution in [0.5, 0.6) is 5.75 Å². The molecule has 1 aromatic rings. The van der Waals surface area contributed by atoms with Crippen LogP contribution in [0.2, 0.25) is 0 Å². The first-order valence-corrected chi connectivity index (χ1v) is 7.84. The van der Waals surface area contributed by atoms with Gasteiger partial charge in [-0.15, -0.1) is 0 Å². The van der Waals surface area contributed by atoms with Crippen molar-refractivity contribution >= 4 is 5.91 Å². The molecule has 0 aliphatic carbocycles. The molecule has 2 atom stereocenters. The van der Waals surface area contributed by atoms with Crippen molar-refractivity contribution in [3.05, 3.63) is 29.8 Å². The summed E-state index contributed by atoms with van der Waals surface area (Å²) in [7, 11) is 0. The number of aliphatic hydroxyl groups is 1. The lowest BCUT2D eigenvalue weighted by atomic mass is 9.89. The molecule has 0 radical (unpaired) electrons. The molecule has 3 N–H and O–H groups in total. The number of ether oxygens (including phenoxy) is 1. The summed E-state index contributed by atoms with van der Waals surface area (Å²) in [6.07, 6.45) is 0.238. The molecular formula is C17H26N2O3. The van der Waals surface area contributed by atoms with Crippen molar-refractivity contribution < 1.29 is 14.6 Å². The number of benzene rings is 1. The summed E-state index contributed by atoms with van der Waals surface area (Å²) in [5.74, 6) is 0.774. The van der Waals surface area contributed by atoms with Crippen molar-refractivity contribution in [2.24, 2.45) is 5.41 Å². The second kappa shape index (κ2) is 7.11. The SMILES string of the molecule is CC(C)Oc1ccc(C(O)CNC(=O)C2(C)CCNC2)cc1. The lowest BCUT2D eigenvalue weighted by Crippen LogP contribution is -2.41. The van der Waals surface area contributed by atoms with Gasteiger partial charge in [-0.3, -0.25) is 4.79 Å². The Hall–Kier alpha value is -1.59. The van der Waals surface area contributed by atoms with E-state index >= 15 is 0 Å². The van der Waals surface area contributed by atoms with Gasteiger partial charge in [-0.2, -0.15) is 0 Å². The van der Waals surface area contributed by atoms with Gasteiger partial charge in [0.1, 0.15) is 5.75 Å². The summed E-state index contributed by atoms with van der Waals surface area (Å²) in [5, 5.41) is 16.2. The Bertz CT molecular complexity index is 493. The second-order valence-corrected chi connectivity index (χ2v) is 6.45. The van der Waals surface area contributed by atoms with Crippen molar-refractivity contribution in [3.8, 4) is 5.75 Å². The summed E-state index contributed by atoms with van der Waals surface area (Å²) in [6.45, 7) is 7.67. The highest BCUT2D eigenvalue weighted by Crippen LogP contribution is 2.25. The fraction of sp³-hybridized carbons (Fsp3) is 0.588. The van der Waals surface area contributed by atoms with Crippen LogP contribution in [0, 0.1) is 5.41 Å². The van der Waals surface area contributed by atoms with Gasteiger partial charge < -0.3 is 20.5 Å². The van der Waals surface area contributed by atoms with E-state index in [1.165, 1.54) is 0 Å². The minimum Gasteiger partial charge on any atom is -0.491 e. The first-order chi connectivity index (χ1) is 10.4. The lowest BCUT2D eigenvalue weighted by Gasteiger charge is -2.22. The van der Waals surface area contributed by atoms with Crippen LogP contribution in [0.25, 0.3) is 0 Å². The van der Waals surface area contributed by atoms with Crippen LogP contribution in [0.15, 0.2) is 24.3 Å². The average Bonchev–Trinajstić information content (AvgIpc) is 2.92. The zero-order chi connectivity index (χ0) is 16.2. The predicted molar refractivity (Wildman–Crippen MR) is 85.8 cm³/mol. The van der Waals surface area contributed by atoms with E-state index in [0.717, 1.165) is 24.3 Å². The van der Waals surface area contributed by atoms with Gasteiger partial charge in [-0.25, -0.2) is 0 Å². The third-order valence-electron chi connectivity index (χ3n) is 4.01. The highest BCUT2D eigenvalue weighted by atomic mass is 16.5. The van der Waals surface area contributed by atoms with E-state index in [9.17, 15) is 9.90 Å². The first kappa shape index (κ1) is 16.8. The fourth-order valence-electron chi connectivity index (χ4n) is 2.57. The Morgan fingerprint density at radius 1 is 1.41 bits per heavy atom. The number of amides is 1. The van der Waals surface area contributed by atoms with Crippen molar-refractivity contribution in [3.63, 3.8) is 0 Å². The van der Waals surface area contributed by atoms with Gasteiger partial charge in [0.05, 0.1) is 17.6 Å². The molecule has 122 valence electrons. The summed E-state index contributed by atoms with van der Waals surface area (Å²) < 4.78 is 5.57. The Morgan fingerprint density at radius 3 is 2.64 bits per heavy atom. The lowest BCUT2D eigenvalue weighted by molar-refractivity contribution is -0.129. The first-order valence-electron chi connectivity index (χ1n) is 7.84. The van der Waals surface area contributed by atoms with Gasteiger partial charge in [0.25, 0.3) is 0 Å². The number of rotatable bonds is 6. The molecule has 1 saturated heterocycles. The van der Waals surface area contributed by atoms with Crippen molar-refractivity contribution in [1.82, 2.24) is 10.6 Å². The van der Waals surface area contributed by atoms with Crippen LogP contribution >= 0.6 is 0 Å². The minimum atomic E-state index is -0.713. The van der Waals surface area contributed by atoms with E-state index in [2.05, 4.69) is 10.6 Å². The maximum absolute atomic E-state index is 12.2. The molecule has 1 aromatic carbocycles. The highest BCUT2D eigenvalue weighted by molar-refractivity contribution is 5.82. The van der Waals surface area contributed by atoms with Crippen LogP contribution in [0.4, 0.5) is 0 Å². The number of nitrogens with one attached hydrogen (secondary N) is 2. The molecule has 0 spiro atoms. The molecule has 5 nitrogen and oxygen atoms in total. The number of hydrogen-bond donors (Lipinski definition) is 3. The molecular weight excluding hydrogens is 280 g/mol. The Labute approximate surface area is 132 Å². The van der Waals surface area contributed by atoms with E-state index in [-0.39, 0.29) is 24.0 Å². The number of carbonyl (C=O) groups excluding carboxylic acids is 1. The maximum atomic E-state index is 12.2. The summed E-state index contributed by atoms with van der Waals surface area (Å²) in [4.78, 5) is 12.2. The molecule has 0 bridgehead atoms. The summed E-state index contributed by atoms with van der Waals surface area (Å²) in [5.41, 5.74) is 0.403. The van der Waals surface area contributed by atoms with Crippen molar-refractivity contribution in [1.29, 1.82) is 0 Å². The van der Waals surface area contributed by atoms with Crippen LogP contribution < -0.4 is 15.4 Å². The van der Waals surface area contributed by atoms with Gasteiger partial charge in [0.15, 0.2) is 0 Å². The largest absolute Gasteiger partial charge is 0.491 e. The molecule has 1 aliphatic heterocycles. The van der Waals surface area contributed by atoms with E-state index in [4.69, 9.17) is 4.74 Å². The topological polar surface area (TPSA) is 70.6 Å².